The largest absolute Gasteiger partial charge is 0.506 e. The summed E-state index contributed by atoms with van der Waals surface area (Å²) in [5, 5.41) is 28.3. The van der Waals surface area contributed by atoms with Crippen molar-refractivity contribution >= 4 is 137 Å². The Balaban J connectivity index is 1.20. The Kier molecular flexibility index (Phi) is 9.07. The van der Waals surface area contributed by atoms with Crippen molar-refractivity contribution in [2.75, 3.05) is 10.6 Å². The lowest BCUT2D eigenvalue weighted by Gasteiger charge is -2.38. The third-order valence-electron chi connectivity index (χ3n) is 7.82. The van der Waals surface area contributed by atoms with Crippen molar-refractivity contribution in [3.63, 3.8) is 0 Å². The van der Waals surface area contributed by atoms with Crippen LogP contribution >= 0.6 is 103 Å². The van der Waals surface area contributed by atoms with E-state index in [9.17, 15) is 15.0 Å². The molecule has 0 amide bonds. The molecule has 0 atom stereocenters. The van der Waals surface area contributed by atoms with Gasteiger partial charge in [0.2, 0.25) is 0 Å². The summed E-state index contributed by atoms with van der Waals surface area (Å²) in [6.45, 7) is 0. The minimum atomic E-state index is -1.37. The Labute approximate surface area is 329 Å². The summed E-state index contributed by atoms with van der Waals surface area (Å²) in [5.41, 5.74) is 4.38. The Bertz CT molecular complexity index is 2090. The van der Waals surface area contributed by atoms with Crippen LogP contribution in [0.2, 0.25) is 0 Å². The van der Waals surface area contributed by atoms with Crippen LogP contribution in [0, 0.1) is 14.3 Å². The molecule has 0 aliphatic carbocycles. The van der Waals surface area contributed by atoms with Crippen molar-refractivity contribution in [1.29, 1.82) is 0 Å². The first-order valence-corrected chi connectivity index (χ1v) is 18.7. The van der Waals surface area contributed by atoms with Crippen molar-refractivity contribution in [2.24, 2.45) is 0 Å². The predicted molar refractivity (Wildman–Crippen MR) is 221 cm³/mol. The SMILES string of the molecule is O=C1OC2(c3ccc(NC(=S)Nc4ccc(/C=C/c5ccccc5)cc4)cc31)c1cc(I)c(O)c(I)c1Oc1c2cc(I)c(O)c1I. The van der Waals surface area contributed by atoms with Gasteiger partial charge in [0.1, 0.15) is 11.5 Å². The monoisotopic (exact) mass is 1090 g/mol. The van der Waals surface area contributed by atoms with Crippen LogP contribution in [0.1, 0.15) is 38.2 Å². The van der Waals surface area contributed by atoms with Crippen molar-refractivity contribution in [3.8, 4) is 23.0 Å². The molecule has 0 fully saturated rings. The number of phenolic OH excluding ortho intramolecular Hbond substituents is 2. The second kappa shape index (κ2) is 13.0. The van der Waals surface area contributed by atoms with Crippen LogP contribution in [0.3, 0.4) is 0 Å². The van der Waals surface area contributed by atoms with Crippen molar-refractivity contribution in [2.45, 2.75) is 5.60 Å². The van der Waals surface area contributed by atoms with Crippen LogP contribution in [0.5, 0.6) is 23.0 Å². The van der Waals surface area contributed by atoms with Crippen LogP contribution < -0.4 is 15.4 Å². The molecule has 0 unspecified atom stereocenters. The van der Waals surface area contributed by atoms with Gasteiger partial charge in [-0.2, -0.15) is 0 Å². The average Bonchev–Trinajstić information content (AvgIpc) is 3.35. The molecule has 4 N–H and O–H groups in total. The fourth-order valence-corrected chi connectivity index (χ4v) is 9.44. The van der Waals surface area contributed by atoms with Gasteiger partial charge < -0.3 is 30.3 Å². The fourth-order valence-electron chi connectivity index (χ4n) is 5.63. The molecule has 7 rings (SSSR count). The van der Waals surface area contributed by atoms with Crippen LogP contribution in [0.15, 0.2) is 84.9 Å². The Morgan fingerprint density at radius 2 is 1.23 bits per heavy atom. The molecule has 0 saturated heterocycles. The molecule has 47 heavy (non-hydrogen) atoms. The van der Waals surface area contributed by atoms with Gasteiger partial charge in [-0.25, -0.2) is 4.79 Å². The summed E-state index contributed by atoms with van der Waals surface area (Å²) in [4.78, 5) is 13.7. The van der Waals surface area contributed by atoms with Crippen molar-refractivity contribution in [1.82, 2.24) is 0 Å². The number of hydrogen-bond acceptors (Lipinski definition) is 6. The molecule has 5 aromatic rings. The van der Waals surface area contributed by atoms with Crippen LogP contribution in [0.4, 0.5) is 11.4 Å². The Hall–Kier alpha value is -2.68. The number of halogens is 4. The summed E-state index contributed by atoms with van der Waals surface area (Å²) in [7, 11) is 0. The van der Waals surface area contributed by atoms with E-state index in [-0.39, 0.29) is 11.5 Å². The summed E-state index contributed by atoms with van der Waals surface area (Å²) in [5.74, 6) is 0.346. The number of carbonyl (C=O) groups is 1. The summed E-state index contributed by atoms with van der Waals surface area (Å²) in [6.07, 6.45) is 4.11. The maximum Gasteiger partial charge on any atom is 0.340 e. The lowest BCUT2D eigenvalue weighted by atomic mass is 9.77. The fraction of sp³-hybridized carbons (Fsp3) is 0.0286. The minimum Gasteiger partial charge on any atom is -0.506 e. The first-order valence-electron chi connectivity index (χ1n) is 14.0. The summed E-state index contributed by atoms with van der Waals surface area (Å²) < 4.78 is 14.8. The second-order valence-corrected chi connectivity index (χ2v) is 15.6. The van der Waals surface area contributed by atoms with E-state index < -0.39 is 11.6 Å². The highest BCUT2D eigenvalue weighted by atomic mass is 127. The molecule has 0 radical (unpaired) electrons. The van der Waals surface area contributed by atoms with Gasteiger partial charge in [-0.3, -0.25) is 0 Å². The second-order valence-electron chi connectivity index (χ2n) is 10.7. The van der Waals surface area contributed by atoms with Gasteiger partial charge in [-0.15, -0.1) is 0 Å². The maximum atomic E-state index is 13.7. The predicted octanol–water partition coefficient (Wildman–Crippen LogP) is 10.1. The molecule has 2 heterocycles. The van der Waals surface area contributed by atoms with Gasteiger partial charge >= 0.3 is 5.97 Å². The minimum absolute atomic E-state index is 0.0664. The first kappa shape index (κ1) is 32.8. The molecular formula is C35H20I4N2O5S. The van der Waals surface area contributed by atoms with E-state index in [1.54, 1.807) is 18.2 Å². The number of anilines is 2. The number of fused-ring (bicyclic) bond motifs is 6. The normalized spacial score (nSPS) is 13.8. The van der Waals surface area contributed by atoms with E-state index in [4.69, 9.17) is 21.7 Å². The van der Waals surface area contributed by atoms with Crippen molar-refractivity contribution < 1.29 is 24.5 Å². The number of phenols is 2. The Morgan fingerprint density at radius 3 is 1.83 bits per heavy atom. The third kappa shape index (κ3) is 5.86. The molecule has 12 heteroatoms. The summed E-state index contributed by atoms with van der Waals surface area (Å²) in [6, 6.07) is 27.0. The lowest BCUT2D eigenvalue weighted by Crippen LogP contribution is -2.34. The molecule has 1 spiro atoms. The maximum absolute atomic E-state index is 13.7. The zero-order valence-corrected chi connectivity index (χ0v) is 33.2. The number of thiocarbonyl (C=S) groups is 1. The highest BCUT2D eigenvalue weighted by Gasteiger charge is 2.55. The van der Waals surface area contributed by atoms with Crippen LogP contribution in [-0.4, -0.2) is 21.3 Å². The van der Waals surface area contributed by atoms with E-state index >= 15 is 0 Å². The highest BCUT2D eigenvalue weighted by molar-refractivity contribution is 14.1. The van der Waals surface area contributed by atoms with E-state index in [0.29, 0.717) is 58.8 Å². The number of hydrogen-bond donors (Lipinski definition) is 4. The van der Waals surface area contributed by atoms with Gasteiger partial charge in [0.25, 0.3) is 0 Å². The number of benzene rings is 5. The highest BCUT2D eigenvalue weighted by Crippen LogP contribution is 2.60. The number of aromatic hydroxyl groups is 2. The van der Waals surface area contributed by atoms with Gasteiger partial charge in [0.05, 0.1) is 31.0 Å². The van der Waals surface area contributed by atoms with Crippen LogP contribution in [-0.2, 0) is 10.3 Å². The number of rotatable bonds is 4. The van der Waals surface area contributed by atoms with E-state index in [0.717, 1.165) is 16.8 Å². The molecular weight excluding hydrogens is 1070 g/mol. The molecule has 0 saturated carbocycles. The molecule has 7 nitrogen and oxygen atoms in total. The molecule has 2 aliphatic rings. The van der Waals surface area contributed by atoms with Crippen LogP contribution in [0.25, 0.3) is 12.2 Å². The van der Waals surface area contributed by atoms with Gasteiger partial charge in [-0.1, -0.05) is 60.7 Å². The standard InChI is InChI=1S/C35H20I4N2O5S/c36-25-15-23-31(27(38)29(25)42)45-32-24(16-26(37)30(43)28(32)39)35(23)22-13-12-20(14-21(22)33(44)46-35)41-34(47)40-19-10-8-18(9-11-19)7-6-17-4-2-1-3-5-17/h1-16,42-43H,(H2,40,41,47)/b7-6+. The third-order valence-corrected chi connectivity index (χ3v) is 11.7. The average molecular weight is 1090 g/mol. The molecule has 5 aromatic carbocycles. The number of nitrogens with one attached hydrogen (secondary N) is 2. The molecule has 2 aliphatic heterocycles. The molecule has 0 aromatic heterocycles. The topological polar surface area (TPSA) is 100 Å². The molecule has 0 bridgehead atoms. The summed E-state index contributed by atoms with van der Waals surface area (Å²) >= 11 is 13.8. The van der Waals surface area contributed by atoms with Crippen molar-refractivity contribution in [3.05, 3.63) is 133 Å². The number of carbonyl (C=O) groups excluding carboxylic acids is 1. The molecule has 234 valence electrons. The zero-order chi connectivity index (χ0) is 33.0. The lowest BCUT2D eigenvalue weighted by molar-refractivity contribution is 0.0222. The Morgan fingerprint density at radius 1 is 0.702 bits per heavy atom. The van der Waals surface area contributed by atoms with E-state index in [2.05, 4.69) is 80.1 Å². The quantitative estimate of drug-likeness (QED) is 0.0612. The van der Waals surface area contributed by atoms with Gasteiger partial charge in [-0.05, 0) is 150 Å². The van der Waals surface area contributed by atoms with Gasteiger partial charge in [0, 0.05) is 16.9 Å². The first-order chi connectivity index (χ1) is 22.6. The van der Waals surface area contributed by atoms with E-state index in [1.807, 2.05) is 99.8 Å². The van der Waals surface area contributed by atoms with Gasteiger partial charge in [0.15, 0.2) is 22.2 Å². The zero-order valence-electron chi connectivity index (χ0n) is 23.8. The number of ether oxygens (including phenoxy) is 2. The smallest absolute Gasteiger partial charge is 0.340 e. The number of esters is 1. The van der Waals surface area contributed by atoms with E-state index in [1.165, 1.54) is 0 Å².